The van der Waals surface area contributed by atoms with Crippen molar-refractivity contribution >= 4 is 70.8 Å². The number of halogens is 1. The molecule has 97 heavy (non-hydrogen) atoms. The summed E-state index contributed by atoms with van der Waals surface area (Å²) in [7, 11) is -11.6. The lowest BCUT2D eigenvalue weighted by Crippen LogP contribution is -2.15. The van der Waals surface area contributed by atoms with E-state index in [-0.39, 0.29) is 88.2 Å². The van der Waals surface area contributed by atoms with Gasteiger partial charge in [-0.1, -0.05) is 91.0 Å². The molecule has 0 aliphatic heterocycles. The monoisotopic (exact) mass is 1380 g/mol. The van der Waals surface area contributed by atoms with Gasteiger partial charge in [-0.05, 0) is 176 Å². The maximum atomic E-state index is 13.0. The molecule has 22 nitrogen and oxygen atoms in total. The number of sulfonamides is 3. The van der Waals surface area contributed by atoms with E-state index < -0.39 is 53.8 Å². The van der Waals surface area contributed by atoms with Crippen molar-refractivity contribution in [2.45, 2.75) is 21.6 Å². The van der Waals surface area contributed by atoms with Crippen LogP contribution in [0.1, 0.15) is 48.4 Å². The van der Waals surface area contributed by atoms with Crippen LogP contribution in [0, 0.1) is 5.82 Å². The fraction of sp³-hybridized carbons (Fsp3) is 0.0986. The van der Waals surface area contributed by atoms with Gasteiger partial charge in [0, 0.05) is 5.56 Å². The second-order valence-corrected chi connectivity index (χ2v) is 25.4. The average Bonchev–Trinajstić information content (AvgIpc) is 0.865. The Morgan fingerprint density at radius 3 is 0.887 bits per heavy atom. The number of nitrogens with one attached hydrogen (secondary N) is 3. The topological polar surface area (TPSA) is 323 Å². The Bertz CT molecular complexity index is 4650. The summed E-state index contributed by atoms with van der Waals surface area (Å²) in [5, 5.41) is 26.7. The van der Waals surface area contributed by atoms with E-state index in [9.17, 15) is 48.8 Å². The number of ether oxygens (including phenoxy) is 6. The second-order valence-electron chi connectivity index (χ2n) is 20.3. The quantitative estimate of drug-likeness (QED) is 0.0187. The highest BCUT2D eigenvalue weighted by Crippen LogP contribution is 2.31. The molecule has 0 bridgehead atoms. The fourth-order valence-corrected chi connectivity index (χ4v) is 11.8. The van der Waals surface area contributed by atoms with Crippen LogP contribution in [0.15, 0.2) is 263 Å². The fourth-order valence-electron chi connectivity index (χ4n) is 8.60. The van der Waals surface area contributed by atoms with Crippen molar-refractivity contribution in [3.63, 3.8) is 0 Å². The Morgan fingerprint density at radius 1 is 0.320 bits per heavy atom. The van der Waals surface area contributed by atoms with Crippen LogP contribution in [0.2, 0.25) is 0 Å². The van der Waals surface area contributed by atoms with Gasteiger partial charge >= 0.3 is 17.9 Å². The van der Waals surface area contributed by atoms with Crippen LogP contribution in [0.5, 0.6) is 34.5 Å². The molecule has 0 aliphatic carbocycles. The Hall–Kier alpha value is -11.7. The first kappa shape index (κ1) is 71.1. The van der Waals surface area contributed by atoms with Crippen molar-refractivity contribution in [2.75, 3.05) is 53.8 Å². The number of ketones is 1. The average molecular weight is 1380 g/mol. The van der Waals surface area contributed by atoms with Crippen molar-refractivity contribution in [3.05, 3.63) is 277 Å². The first-order chi connectivity index (χ1) is 46.5. The number of hydrogen-bond acceptors (Lipinski definition) is 16. The minimum absolute atomic E-state index is 0.0189. The molecule has 0 aliphatic rings. The largest absolute Gasteiger partial charge is 0.490 e. The van der Waals surface area contributed by atoms with E-state index in [2.05, 4.69) is 14.2 Å². The predicted octanol–water partition coefficient (Wildman–Crippen LogP) is 12.9. The van der Waals surface area contributed by atoms with Crippen LogP contribution >= 0.6 is 0 Å². The number of carbonyl (C=O) groups excluding carboxylic acids is 1. The highest BCUT2D eigenvalue weighted by atomic mass is 32.2. The summed E-state index contributed by atoms with van der Waals surface area (Å²) in [4.78, 5) is 44.1. The number of rotatable bonds is 29. The second kappa shape index (κ2) is 33.9. The number of Topliss-reactive ketones (excluding diaryl/α,β-unsaturated/α-hetero) is 1. The molecule has 500 valence electrons. The maximum absolute atomic E-state index is 13.0. The molecule has 0 amide bonds. The molecule has 0 saturated carbocycles. The number of hydrogen-bond donors (Lipinski definition) is 6. The van der Waals surface area contributed by atoms with Gasteiger partial charge < -0.3 is 43.7 Å². The molecule has 0 spiro atoms. The number of benzene rings is 10. The minimum Gasteiger partial charge on any atom is -0.490 e. The smallest absolute Gasteiger partial charge is 0.335 e. The Kier molecular flexibility index (Phi) is 24.9. The molecule has 0 aromatic heterocycles. The first-order valence-corrected chi connectivity index (χ1v) is 33.6. The molecule has 6 N–H and O–H groups in total. The van der Waals surface area contributed by atoms with Crippen molar-refractivity contribution in [1.29, 1.82) is 0 Å². The van der Waals surface area contributed by atoms with E-state index in [1.807, 2.05) is 30.3 Å². The highest BCUT2D eigenvalue weighted by Gasteiger charge is 2.21. The van der Waals surface area contributed by atoms with Gasteiger partial charge in [-0.15, -0.1) is 0 Å². The summed E-state index contributed by atoms with van der Waals surface area (Å²) in [6.45, 7) is 2.33. The SMILES string of the molecule is CC(=O)c1ccc(S(=O)(=O)Nc2ccccc2OCCOc2ccc(C(=O)O)cc2)cc1.O=C(O)c1ccc(OCCOc2ccccc2NS(=O)(=O)c2ccc(-c3ccccc3)cc2)cc1.O=C(O)c1ccc(OCCOc2ccccc2NS(=O)(=O)c2ccc(F)cc2)cc1. The lowest BCUT2D eigenvalue weighted by Gasteiger charge is -2.14. The summed E-state index contributed by atoms with van der Waals surface area (Å²) in [5.74, 6) is -1.28. The third kappa shape index (κ3) is 21.4. The molecular formula is C71H62FN3O19S3. The van der Waals surface area contributed by atoms with E-state index in [4.69, 9.17) is 43.7 Å². The van der Waals surface area contributed by atoms with Crippen LogP contribution in [-0.2, 0) is 30.1 Å². The molecule has 0 fully saturated rings. The number of aromatic carboxylic acids is 3. The van der Waals surface area contributed by atoms with Gasteiger partial charge in [0.2, 0.25) is 0 Å². The van der Waals surface area contributed by atoms with Gasteiger partial charge in [-0.25, -0.2) is 44.0 Å². The van der Waals surface area contributed by atoms with Gasteiger partial charge in [0.05, 0.1) is 48.4 Å². The van der Waals surface area contributed by atoms with Crippen LogP contribution in [0.4, 0.5) is 21.5 Å². The molecule has 0 unspecified atom stereocenters. The lowest BCUT2D eigenvalue weighted by molar-refractivity contribution is 0.0686. The molecular weight excluding hydrogens is 1310 g/mol. The van der Waals surface area contributed by atoms with Crippen molar-refractivity contribution in [3.8, 4) is 45.6 Å². The van der Waals surface area contributed by atoms with E-state index in [1.54, 1.807) is 121 Å². The molecule has 10 aromatic rings. The Morgan fingerprint density at radius 2 is 0.577 bits per heavy atom. The Balaban J connectivity index is 0.000000186. The van der Waals surface area contributed by atoms with Crippen LogP contribution < -0.4 is 42.6 Å². The number of carbonyl (C=O) groups is 4. The molecule has 0 saturated heterocycles. The standard InChI is InChI=1S/C27H23NO6S.C23H21NO7S.C21H18FNO6S/c29-27(30)22-10-14-23(15-11-22)33-18-19-34-26-9-5-4-8-25(26)28-35(31,32)24-16-12-21(13-17-24)20-6-2-1-3-7-20;1-16(25)17-8-12-20(13-9-17)32(28,29)24-21-4-2-3-5-22(21)31-15-14-30-19-10-6-18(7-11-19)23(26)27;22-16-7-11-18(12-8-16)30(26,27)23-19-3-1-2-4-20(19)29-14-13-28-17-9-5-15(6-10-17)21(24)25/h1-17,28H,18-19H2,(H,29,30);2-13,24H,14-15H2,1H3,(H,26,27);1-12,23H,13-14H2,(H,24,25). The minimum atomic E-state index is -3.91. The van der Waals surface area contributed by atoms with Crippen molar-refractivity contribution in [1.82, 2.24) is 0 Å². The molecule has 0 radical (unpaired) electrons. The molecule has 0 atom stereocenters. The number of anilines is 3. The predicted molar refractivity (Wildman–Crippen MR) is 360 cm³/mol. The molecule has 10 rings (SSSR count). The molecule has 10 aromatic carbocycles. The van der Waals surface area contributed by atoms with Gasteiger partial charge in [0.1, 0.15) is 80.0 Å². The van der Waals surface area contributed by atoms with Crippen LogP contribution in [-0.4, -0.2) is 104 Å². The van der Waals surface area contributed by atoms with Gasteiger partial charge in [0.25, 0.3) is 30.1 Å². The maximum Gasteiger partial charge on any atom is 0.335 e. The summed E-state index contributed by atoms with van der Waals surface area (Å²) < 4.78 is 130. The molecule has 0 heterocycles. The number of para-hydroxylation sites is 6. The van der Waals surface area contributed by atoms with E-state index >= 15 is 0 Å². The Labute approximate surface area is 558 Å². The van der Waals surface area contributed by atoms with E-state index in [0.717, 1.165) is 23.3 Å². The zero-order valence-corrected chi connectivity index (χ0v) is 53.8. The van der Waals surface area contributed by atoms with Crippen molar-refractivity contribution in [2.24, 2.45) is 0 Å². The van der Waals surface area contributed by atoms with Gasteiger partial charge in [0.15, 0.2) is 5.78 Å². The van der Waals surface area contributed by atoms with E-state index in [1.165, 1.54) is 91.9 Å². The third-order valence-corrected chi connectivity index (χ3v) is 17.6. The zero-order chi connectivity index (χ0) is 69.4. The number of carboxylic acids is 3. The third-order valence-electron chi connectivity index (χ3n) is 13.5. The summed E-state index contributed by atoms with van der Waals surface area (Å²) in [6.07, 6.45) is 0. The van der Waals surface area contributed by atoms with Crippen LogP contribution in [0.25, 0.3) is 11.1 Å². The zero-order valence-electron chi connectivity index (χ0n) is 51.4. The van der Waals surface area contributed by atoms with Crippen LogP contribution in [0.3, 0.4) is 0 Å². The van der Waals surface area contributed by atoms with Gasteiger partial charge in [-0.3, -0.25) is 19.0 Å². The van der Waals surface area contributed by atoms with Crippen molar-refractivity contribution < 1.29 is 92.6 Å². The normalized spacial score (nSPS) is 10.9. The summed E-state index contributed by atoms with van der Waals surface area (Å²) in [6, 6.07) is 64.2. The lowest BCUT2D eigenvalue weighted by atomic mass is 10.1. The van der Waals surface area contributed by atoms with E-state index in [0.29, 0.717) is 45.7 Å². The summed E-state index contributed by atoms with van der Waals surface area (Å²) in [5.41, 5.74) is 3.63. The number of carboxylic acid groups (broad SMARTS) is 3. The van der Waals surface area contributed by atoms with Gasteiger partial charge in [-0.2, -0.15) is 0 Å². The molecule has 26 heteroatoms. The highest BCUT2D eigenvalue weighted by molar-refractivity contribution is 7.93. The first-order valence-electron chi connectivity index (χ1n) is 29.2. The summed E-state index contributed by atoms with van der Waals surface area (Å²) >= 11 is 0.